The smallest absolute Gasteiger partial charge is 0.229 e. The molecule has 2 aliphatic heterocycles. The van der Waals surface area contributed by atoms with Gasteiger partial charge in [0.05, 0.1) is 5.41 Å². The summed E-state index contributed by atoms with van der Waals surface area (Å²) in [6, 6.07) is 0. The molecule has 4 heteroatoms. The average Bonchev–Trinajstić information content (AvgIpc) is 2.40. The Morgan fingerprint density at radius 3 is 2.78 bits per heavy atom. The fourth-order valence-corrected chi connectivity index (χ4v) is 3.10. The van der Waals surface area contributed by atoms with Gasteiger partial charge in [-0.3, -0.25) is 4.79 Å². The minimum absolute atomic E-state index is 0.196. The molecule has 0 radical (unpaired) electrons. The number of hydrogen-bond acceptors (Lipinski definition) is 3. The van der Waals surface area contributed by atoms with Gasteiger partial charge in [0.2, 0.25) is 5.91 Å². The molecule has 0 aliphatic carbocycles. The summed E-state index contributed by atoms with van der Waals surface area (Å²) in [7, 11) is 1.96. The first kappa shape index (κ1) is 13.8. The summed E-state index contributed by atoms with van der Waals surface area (Å²) in [4.78, 5) is 14.5. The van der Waals surface area contributed by atoms with Crippen LogP contribution in [0.5, 0.6) is 0 Å². The summed E-state index contributed by atoms with van der Waals surface area (Å²) in [6.45, 7) is 6.56. The molecule has 0 spiro atoms. The van der Waals surface area contributed by atoms with Crippen LogP contribution >= 0.6 is 0 Å². The van der Waals surface area contributed by atoms with Crippen molar-refractivity contribution in [3.8, 4) is 0 Å². The normalized spacial score (nSPS) is 30.1. The quantitative estimate of drug-likeness (QED) is 0.824. The summed E-state index contributed by atoms with van der Waals surface area (Å²) in [5, 5.41) is 3.35. The third-order valence-corrected chi connectivity index (χ3v) is 4.33. The van der Waals surface area contributed by atoms with E-state index in [2.05, 4.69) is 12.2 Å². The van der Waals surface area contributed by atoms with Crippen molar-refractivity contribution in [3.63, 3.8) is 0 Å². The molecule has 1 atom stereocenters. The number of rotatable bonds is 3. The molecule has 2 heterocycles. The number of ether oxygens (including phenoxy) is 1. The Morgan fingerprint density at radius 2 is 2.17 bits per heavy atom. The molecule has 104 valence electrons. The van der Waals surface area contributed by atoms with E-state index in [1.165, 1.54) is 0 Å². The van der Waals surface area contributed by atoms with Crippen molar-refractivity contribution < 1.29 is 9.53 Å². The minimum Gasteiger partial charge on any atom is -0.381 e. The zero-order chi connectivity index (χ0) is 13.0. The van der Waals surface area contributed by atoms with Gasteiger partial charge in [0.1, 0.15) is 0 Å². The molecule has 0 saturated carbocycles. The SMILES string of the molecule is CN(CC1CCOCC1)C(=O)C1(C)CCCNC1. The monoisotopic (exact) mass is 254 g/mol. The van der Waals surface area contributed by atoms with E-state index in [0.717, 1.165) is 58.5 Å². The van der Waals surface area contributed by atoms with E-state index >= 15 is 0 Å². The molecule has 1 unspecified atom stereocenters. The summed E-state index contributed by atoms with van der Waals surface area (Å²) in [5.74, 6) is 0.925. The topological polar surface area (TPSA) is 41.6 Å². The van der Waals surface area contributed by atoms with Crippen LogP contribution in [0.4, 0.5) is 0 Å². The second-order valence-electron chi connectivity index (χ2n) is 6.08. The van der Waals surface area contributed by atoms with Crippen molar-refractivity contribution in [1.82, 2.24) is 10.2 Å². The predicted octanol–water partition coefficient (Wildman–Crippen LogP) is 1.26. The van der Waals surface area contributed by atoms with Crippen molar-refractivity contribution in [1.29, 1.82) is 0 Å². The van der Waals surface area contributed by atoms with Gasteiger partial charge in [-0.25, -0.2) is 0 Å². The van der Waals surface area contributed by atoms with E-state index < -0.39 is 0 Å². The minimum atomic E-state index is -0.196. The van der Waals surface area contributed by atoms with Gasteiger partial charge in [0.25, 0.3) is 0 Å². The zero-order valence-electron chi connectivity index (χ0n) is 11.7. The third-order valence-electron chi connectivity index (χ3n) is 4.33. The van der Waals surface area contributed by atoms with Crippen LogP contribution in [0.15, 0.2) is 0 Å². The molecule has 0 aromatic carbocycles. The molecule has 2 fully saturated rings. The van der Waals surface area contributed by atoms with Crippen molar-refractivity contribution in [2.75, 3.05) is 39.9 Å². The van der Waals surface area contributed by atoms with Crippen molar-refractivity contribution in [3.05, 3.63) is 0 Å². The van der Waals surface area contributed by atoms with Crippen LogP contribution < -0.4 is 5.32 Å². The highest BCUT2D eigenvalue weighted by Crippen LogP contribution is 2.28. The predicted molar refractivity (Wildman–Crippen MR) is 71.4 cm³/mol. The lowest BCUT2D eigenvalue weighted by atomic mass is 9.81. The summed E-state index contributed by atoms with van der Waals surface area (Å²) < 4.78 is 5.36. The largest absolute Gasteiger partial charge is 0.381 e. The maximum atomic E-state index is 12.5. The molecular formula is C14H26N2O2. The third kappa shape index (κ3) is 3.23. The van der Waals surface area contributed by atoms with Gasteiger partial charge in [-0.2, -0.15) is 0 Å². The van der Waals surface area contributed by atoms with Crippen LogP contribution in [-0.2, 0) is 9.53 Å². The first-order valence-electron chi connectivity index (χ1n) is 7.16. The number of nitrogens with zero attached hydrogens (tertiary/aromatic N) is 1. The van der Waals surface area contributed by atoms with E-state index in [1.54, 1.807) is 0 Å². The fraction of sp³-hybridized carbons (Fsp3) is 0.929. The molecule has 1 amide bonds. The second kappa shape index (κ2) is 6.02. The number of amides is 1. The van der Waals surface area contributed by atoms with Gasteiger partial charge in [-0.05, 0) is 45.1 Å². The first-order valence-corrected chi connectivity index (χ1v) is 7.16. The van der Waals surface area contributed by atoms with Gasteiger partial charge in [-0.1, -0.05) is 0 Å². The summed E-state index contributed by atoms with van der Waals surface area (Å²) >= 11 is 0. The number of carbonyl (C=O) groups is 1. The summed E-state index contributed by atoms with van der Waals surface area (Å²) in [5.41, 5.74) is -0.196. The van der Waals surface area contributed by atoms with E-state index in [0.29, 0.717) is 11.8 Å². The average molecular weight is 254 g/mol. The van der Waals surface area contributed by atoms with Crippen LogP contribution in [0.25, 0.3) is 0 Å². The maximum absolute atomic E-state index is 12.5. The van der Waals surface area contributed by atoms with Crippen LogP contribution in [0.3, 0.4) is 0 Å². The standard InChI is InChI=1S/C14H26N2O2/c1-14(6-3-7-15-11-14)13(17)16(2)10-12-4-8-18-9-5-12/h12,15H,3-11H2,1-2H3. The molecule has 0 bridgehead atoms. The van der Waals surface area contributed by atoms with Crippen LogP contribution in [-0.4, -0.2) is 50.7 Å². The lowest BCUT2D eigenvalue weighted by Gasteiger charge is -2.37. The highest BCUT2D eigenvalue weighted by atomic mass is 16.5. The van der Waals surface area contributed by atoms with E-state index in [9.17, 15) is 4.79 Å². The molecule has 2 rings (SSSR count). The first-order chi connectivity index (χ1) is 8.62. The van der Waals surface area contributed by atoms with Gasteiger partial charge in [0, 0.05) is 33.4 Å². The molecule has 2 saturated heterocycles. The molecule has 1 N–H and O–H groups in total. The Bertz CT molecular complexity index is 282. The Morgan fingerprint density at radius 1 is 1.44 bits per heavy atom. The highest BCUT2D eigenvalue weighted by molar-refractivity contribution is 5.82. The number of piperidine rings is 1. The maximum Gasteiger partial charge on any atom is 0.229 e. The fourth-order valence-electron chi connectivity index (χ4n) is 3.10. The van der Waals surface area contributed by atoms with Crippen molar-refractivity contribution in [2.24, 2.45) is 11.3 Å². The molecule has 0 aromatic heterocycles. The Balaban J connectivity index is 1.86. The molecular weight excluding hydrogens is 228 g/mol. The zero-order valence-corrected chi connectivity index (χ0v) is 11.7. The van der Waals surface area contributed by atoms with Crippen molar-refractivity contribution >= 4 is 5.91 Å². The second-order valence-corrected chi connectivity index (χ2v) is 6.08. The molecule has 4 nitrogen and oxygen atoms in total. The van der Waals surface area contributed by atoms with Crippen LogP contribution in [0, 0.1) is 11.3 Å². The lowest BCUT2D eigenvalue weighted by Crippen LogP contribution is -2.50. The van der Waals surface area contributed by atoms with Crippen molar-refractivity contribution in [2.45, 2.75) is 32.6 Å². The Kier molecular flexibility index (Phi) is 4.62. The van der Waals surface area contributed by atoms with E-state index in [4.69, 9.17) is 4.74 Å². The Labute approximate surface area is 110 Å². The van der Waals surface area contributed by atoms with Crippen LogP contribution in [0.2, 0.25) is 0 Å². The number of nitrogens with one attached hydrogen (secondary N) is 1. The number of hydrogen-bond donors (Lipinski definition) is 1. The van der Waals surface area contributed by atoms with E-state index in [1.807, 2.05) is 11.9 Å². The van der Waals surface area contributed by atoms with Gasteiger partial charge in [0.15, 0.2) is 0 Å². The summed E-state index contributed by atoms with van der Waals surface area (Å²) in [6.07, 6.45) is 4.30. The van der Waals surface area contributed by atoms with Gasteiger partial charge < -0.3 is 15.0 Å². The molecule has 0 aromatic rings. The highest BCUT2D eigenvalue weighted by Gasteiger charge is 2.37. The van der Waals surface area contributed by atoms with Gasteiger partial charge >= 0.3 is 0 Å². The van der Waals surface area contributed by atoms with E-state index in [-0.39, 0.29) is 5.41 Å². The van der Waals surface area contributed by atoms with Gasteiger partial charge in [-0.15, -0.1) is 0 Å². The van der Waals surface area contributed by atoms with Crippen LogP contribution in [0.1, 0.15) is 32.6 Å². The Hall–Kier alpha value is -0.610. The number of carbonyl (C=O) groups excluding carboxylic acids is 1. The molecule has 18 heavy (non-hydrogen) atoms. The lowest BCUT2D eigenvalue weighted by molar-refractivity contribution is -0.141. The molecule has 2 aliphatic rings.